The molecule has 1 saturated heterocycles. The van der Waals surface area contributed by atoms with E-state index in [-0.39, 0.29) is 23.7 Å². The molecule has 5 nitrogen and oxygen atoms in total. The molecule has 0 aromatic heterocycles. The highest BCUT2D eigenvalue weighted by molar-refractivity contribution is 5.95. The number of likely N-dealkylation sites (tertiary alicyclic amines) is 1. The molecule has 1 aromatic carbocycles. The van der Waals surface area contributed by atoms with Crippen LogP contribution >= 0.6 is 0 Å². The summed E-state index contributed by atoms with van der Waals surface area (Å²) in [5.74, 6) is -0.928. The van der Waals surface area contributed by atoms with Crippen molar-refractivity contribution in [1.82, 2.24) is 4.90 Å². The van der Waals surface area contributed by atoms with E-state index in [1.165, 1.54) is 11.0 Å². The van der Waals surface area contributed by atoms with Gasteiger partial charge >= 0.3 is 6.36 Å². The number of nitrogens with two attached hydrogens (primary N) is 1. The minimum Gasteiger partial charge on any atom is -0.404 e. The number of hydrogen-bond acceptors (Lipinski definition) is 4. The van der Waals surface area contributed by atoms with Crippen molar-refractivity contribution in [2.75, 3.05) is 18.8 Å². The van der Waals surface area contributed by atoms with E-state index in [1.54, 1.807) is 0 Å². The maximum Gasteiger partial charge on any atom is 0.573 e. The molecule has 1 aromatic rings. The van der Waals surface area contributed by atoms with E-state index in [2.05, 4.69) is 4.74 Å². The lowest BCUT2D eigenvalue weighted by Crippen LogP contribution is -2.29. The summed E-state index contributed by atoms with van der Waals surface area (Å²) in [6.45, 7) is 0.611. The number of aliphatic hydroxyl groups is 1. The molecule has 1 fully saturated rings. The van der Waals surface area contributed by atoms with Crippen LogP contribution < -0.4 is 10.5 Å². The molecule has 0 unspecified atom stereocenters. The van der Waals surface area contributed by atoms with Gasteiger partial charge in [0.15, 0.2) is 5.75 Å². The van der Waals surface area contributed by atoms with Crippen LogP contribution in [0, 0.1) is 0 Å². The molecule has 1 atom stereocenters. The van der Waals surface area contributed by atoms with Gasteiger partial charge in [-0.05, 0) is 24.6 Å². The van der Waals surface area contributed by atoms with Crippen molar-refractivity contribution in [2.24, 2.45) is 0 Å². The molecular weight excluding hydrogens is 277 g/mol. The van der Waals surface area contributed by atoms with Crippen molar-refractivity contribution in [3.05, 3.63) is 23.8 Å². The van der Waals surface area contributed by atoms with Crippen molar-refractivity contribution in [3.8, 4) is 5.75 Å². The Morgan fingerprint density at radius 2 is 2.15 bits per heavy atom. The SMILES string of the molecule is Nc1cc(C(=O)N2CC[C@H](O)C2)ccc1OC(F)(F)F. The fraction of sp³-hybridized carbons (Fsp3) is 0.417. The zero-order chi connectivity index (χ0) is 14.9. The smallest absolute Gasteiger partial charge is 0.404 e. The van der Waals surface area contributed by atoms with Gasteiger partial charge < -0.3 is 20.5 Å². The number of anilines is 1. The van der Waals surface area contributed by atoms with Gasteiger partial charge in [0.1, 0.15) is 0 Å². The number of benzene rings is 1. The van der Waals surface area contributed by atoms with Crippen LogP contribution in [0.5, 0.6) is 5.75 Å². The third-order valence-electron chi connectivity index (χ3n) is 2.93. The van der Waals surface area contributed by atoms with Crippen molar-refractivity contribution in [2.45, 2.75) is 18.9 Å². The summed E-state index contributed by atoms with van der Waals surface area (Å²) in [5.41, 5.74) is 5.34. The number of hydrogen-bond donors (Lipinski definition) is 2. The molecular formula is C12H13F3N2O3. The Bertz CT molecular complexity index is 519. The highest BCUT2D eigenvalue weighted by atomic mass is 19.4. The van der Waals surface area contributed by atoms with Crippen LogP contribution in [-0.2, 0) is 0 Å². The van der Waals surface area contributed by atoms with E-state index in [9.17, 15) is 23.1 Å². The fourth-order valence-electron chi connectivity index (χ4n) is 2.01. The summed E-state index contributed by atoms with van der Waals surface area (Å²) in [6, 6.07) is 3.35. The number of nitrogen functional groups attached to an aromatic ring is 1. The second kappa shape index (κ2) is 5.20. The molecule has 110 valence electrons. The summed E-state index contributed by atoms with van der Waals surface area (Å²) in [5, 5.41) is 9.36. The second-order valence-corrected chi connectivity index (χ2v) is 4.49. The Morgan fingerprint density at radius 3 is 2.65 bits per heavy atom. The number of carbonyl (C=O) groups excluding carboxylic acids is 1. The summed E-state index contributed by atoms with van der Waals surface area (Å²) >= 11 is 0. The number of amides is 1. The van der Waals surface area contributed by atoms with E-state index in [1.807, 2.05) is 0 Å². The third-order valence-corrected chi connectivity index (χ3v) is 2.93. The predicted octanol–water partition coefficient (Wildman–Crippen LogP) is 1.37. The molecule has 0 aliphatic carbocycles. The number of β-amino-alcohol motifs (C(OH)–C–C–N with tert-alkyl or cyclic N) is 1. The number of nitrogens with zero attached hydrogens (tertiary/aromatic N) is 1. The maximum atomic E-state index is 12.1. The second-order valence-electron chi connectivity index (χ2n) is 4.49. The summed E-state index contributed by atoms with van der Waals surface area (Å²) < 4.78 is 40.0. The minimum atomic E-state index is -4.83. The van der Waals surface area contributed by atoms with Crippen LogP contribution in [0.4, 0.5) is 18.9 Å². The molecule has 1 amide bonds. The Balaban J connectivity index is 2.14. The first kappa shape index (κ1) is 14.4. The highest BCUT2D eigenvalue weighted by Gasteiger charge is 2.32. The van der Waals surface area contributed by atoms with Gasteiger partial charge in [-0.2, -0.15) is 0 Å². The molecule has 3 N–H and O–H groups in total. The predicted molar refractivity (Wildman–Crippen MR) is 64.1 cm³/mol. The molecule has 8 heteroatoms. The van der Waals surface area contributed by atoms with Crippen molar-refractivity contribution >= 4 is 11.6 Å². The molecule has 1 aliphatic heterocycles. The van der Waals surface area contributed by atoms with E-state index in [0.717, 1.165) is 12.1 Å². The summed E-state index contributed by atoms with van der Waals surface area (Å²) in [7, 11) is 0. The molecule has 0 bridgehead atoms. The van der Waals surface area contributed by atoms with Crippen molar-refractivity contribution < 1.29 is 27.8 Å². The first-order valence-corrected chi connectivity index (χ1v) is 5.89. The lowest BCUT2D eigenvalue weighted by molar-refractivity contribution is -0.274. The normalized spacial score (nSPS) is 19.2. The lowest BCUT2D eigenvalue weighted by Gasteiger charge is -2.17. The van der Waals surface area contributed by atoms with Gasteiger partial charge in [0.2, 0.25) is 0 Å². The quantitative estimate of drug-likeness (QED) is 0.807. The first-order chi connectivity index (χ1) is 9.26. The molecule has 0 spiro atoms. The van der Waals surface area contributed by atoms with Gasteiger partial charge in [-0.15, -0.1) is 13.2 Å². The molecule has 20 heavy (non-hydrogen) atoms. The standard InChI is InChI=1S/C12H13F3N2O3/c13-12(14,15)20-10-2-1-7(5-9(10)16)11(19)17-4-3-8(18)6-17/h1-2,5,8,18H,3-4,6,16H2/t8-/m0/s1. The molecule has 0 radical (unpaired) electrons. The van der Waals surface area contributed by atoms with E-state index in [0.29, 0.717) is 13.0 Å². The average molecular weight is 290 g/mol. The van der Waals surface area contributed by atoms with Gasteiger partial charge in [0, 0.05) is 18.7 Å². The lowest BCUT2D eigenvalue weighted by atomic mass is 10.1. The van der Waals surface area contributed by atoms with E-state index >= 15 is 0 Å². The molecule has 2 rings (SSSR count). The van der Waals surface area contributed by atoms with Gasteiger partial charge in [-0.3, -0.25) is 4.79 Å². The van der Waals surface area contributed by atoms with Crippen molar-refractivity contribution in [3.63, 3.8) is 0 Å². The maximum absolute atomic E-state index is 12.1. The average Bonchev–Trinajstić information content (AvgIpc) is 2.76. The van der Waals surface area contributed by atoms with Gasteiger partial charge in [-0.1, -0.05) is 0 Å². The van der Waals surface area contributed by atoms with Gasteiger partial charge in [0.05, 0.1) is 11.8 Å². The van der Waals surface area contributed by atoms with Crippen LogP contribution in [0.2, 0.25) is 0 Å². The third kappa shape index (κ3) is 3.32. The minimum absolute atomic E-state index is 0.158. The van der Waals surface area contributed by atoms with Crippen LogP contribution in [0.1, 0.15) is 16.8 Å². The number of halogens is 3. The van der Waals surface area contributed by atoms with Gasteiger partial charge in [0.25, 0.3) is 5.91 Å². The van der Waals surface area contributed by atoms with E-state index < -0.39 is 18.2 Å². The zero-order valence-corrected chi connectivity index (χ0v) is 10.4. The highest BCUT2D eigenvalue weighted by Crippen LogP contribution is 2.29. The number of aliphatic hydroxyl groups excluding tert-OH is 1. The Labute approximate surface area is 112 Å². The number of alkyl halides is 3. The topological polar surface area (TPSA) is 75.8 Å². The van der Waals surface area contributed by atoms with Crippen LogP contribution in [0.3, 0.4) is 0 Å². The van der Waals surface area contributed by atoms with E-state index in [4.69, 9.17) is 5.73 Å². The van der Waals surface area contributed by atoms with Crippen LogP contribution in [0.25, 0.3) is 0 Å². The Hall–Kier alpha value is -1.96. The van der Waals surface area contributed by atoms with Crippen LogP contribution in [-0.4, -0.2) is 41.5 Å². The Kier molecular flexibility index (Phi) is 3.76. The monoisotopic (exact) mass is 290 g/mol. The fourth-order valence-corrected chi connectivity index (χ4v) is 2.01. The number of ether oxygens (including phenoxy) is 1. The number of carbonyl (C=O) groups is 1. The molecule has 0 saturated carbocycles. The summed E-state index contributed by atoms with van der Waals surface area (Å²) in [6.07, 6.45) is -4.92. The van der Waals surface area contributed by atoms with Crippen molar-refractivity contribution in [1.29, 1.82) is 0 Å². The zero-order valence-electron chi connectivity index (χ0n) is 10.4. The molecule has 1 aliphatic rings. The first-order valence-electron chi connectivity index (χ1n) is 5.89. The largest absolute Gasteiger partial charge is 0.573 e. The van der Waals surface area contributed by atoms with Crippen LogP contribution in [0.15, 0.2) is 18.2 Å². The molecule has 1 heterocycles. The Morgan fingerprint density at radius 1 is 1.45 bits per heavy atom. The number of rotatable bonds is 2. The van der Waals surface area contributed by atoms with Gasteiger partial charge in [-0.25, -0.2) is 0 Å². The summed E-state index contributed by atoms with van der Waals surface area (Å²) in [4.78, 5) is 13.5.